The minimum Gasteiger partial charge on any atom is -0.493 e. The fourth-order valence-corrected chi connectivity index (χ4v) is 15.7. The zero-order chi connectivity index (χ0) is 90.0. The van der Waals surface area contributed by atoms with Gasteiger partial charge in [0, 0.05) is 160 Å². The molecule has 8 aromatic carbocycles. The van der Waals surface area contributed by atoms with Crippen molar-refractivity contribution in [2.75, 3.05) is 106 Å². The van der Waals surface area contributed by atoms with Gasteiger partial charge in [0.1, 0.15) is 46.0 Å². The molecule has 3 aromatic heterocycles. The molecule has 0 spiro atoms. The first-order valence-corrected chi connectivity index (χ1v) is 44.5. The fourth-order valence-electron chi connectivity index (χ4n) is 15.7. The van der Waals surface area contributed by atoms with Crippen LogP contribution in [0.1, 0.15) is 158 Å². The van der Waals surface area contributed by atoms with Gasteiger partial charge in [0.2, 0.25) is 0 Å². The Kier molecular flexibility index (Phi) is 32.6. The average molecular weight is 1750 g/mol. The van der Waals surface area contributed by atoms with Crippen molar-refractivity contribution < 1.29 is 114 Å². The molecule has 0 atom stereocenters. The molecule has 0 amide bonds. The van der Waals surface area contributed by atoms with Gasteiger partial charge in [0.25, 0.3) is 0 Å². The minimum atomic E-state index is -0.345. The van der Waals surface area contributed by atoms with E-state index in [1.807, 2.05) is 121 Å². The summed E-state index contributed by atoms with van der Waals surface area (Å²) < 4.78 is 95.7. The molecule has 0 radical (unpaired) electrons. The van der Waals surface area contributed by atoms with Crippen LogP contribution in [0.5, 0.6) is 46.0 Å². The second-order valence-electron chi connectivity index (χ2n) is 30.3. The Morgan fingerprint density at radius 2 is 0.359 bits per heavy atom. The topological polar surface area (TPSA) is 342 Å². The molecule has 128 heavy (non-hydrogen) atoms. The monoisotopic (exact) mass is 1750 g/mol. The van der Waals surface area contributed by atoms with Gasteiger partial charge in [-0.3, -0.25) is 38.4 Å². The smallest absolute Gasteiger partial charge is 0.305 e. The largest absolute Gasteiger partial charge is 0.493 e. The van der Waals surface area contributed by atoms with E-state index < -0.39 is 0 Å². The van der Waals surface area contributed by atoms with Crippen LogP contribution in [0, 0.1) is 0 Å². The number of nitrogens with zero attached hydrogens (tertiary/aromatic N) is 2. The van der Waals surface area contributed by atoms with E-state index in [0.29, 0.717) is 208 Å². The van der Waals surface area contributed by atoms with E-state index in [1.54, 1.807) is 55.4 Å². The summed E-state index contributed by atoms with van der Waals surface area (Å²) in [5.41, 5.74) is 7.30. The molecule has 8 bridgehead atoms. The van der Waals surface area contributed by atoms with Crippen molar-refractivity contribution in [2.24, 2.45) is 0 Å². The molecule has 0 unspecified atom stereocenters. The second kappa shape index (κ2) is 45.2. The van der Waals surface area contributed by atoms with E-state index in [1.165, 1.54) is 0 Å². The van der Waals surface area contributed by atoms with Crippen LogP contribution in [-0.4, -0.2) is 173 Å². The van der Waals surface area contributed by atoms with Gasteiger partial charge >= 0.3 is 47.8 Å². The number of nitrogens with one attached hydrogen (secondary N) is 2. The van der Waals surface area contributed by atoms with Crippen molar-refractivity contribution in [1.29, 1.82) is 0 Å². The summed E-state index contributed by atoms with van der Waals surface area (Å²) in [7, 11) is 0. The minimum absolute atomic E-state index is 0.128. The van der Waals surface area contributed by atoms with Crippen molar-refractivity contribution in [3.8, 4) is 91.0 Å². The number of ether oxygens (including phenoxy) is 16. The first kappa shape index (κ1) is 92.3. The Morgan fingerprint density at radius 1 is 0.211 bits per heavy atom. The molecule has 0 aliphatic carbocycles. The fraction of sp³-hybridized carbons (Fsp3) is 0.400. The van der Waals surface area contributed by atoms with Crippen molar-refractivity contribution >= 4 is 134 Å². The highest BCUT2D eigenvalue weighted by Gasteiger charge is 2.28. The molecular formula is C100H110N4O24. The van der Waals surface area contributed by atoms with Crippen LogP contribution in [0.2, 0.25) is 0 Å². The lowest BCUT2D eigenvalue weighted by atomic mass is 9.97. The van der Waals surface area contributed by atoms with Crippen molar-refractivity contribution in [2.45, 2.75) is 158 Å². The van der Waals surface area contributed by atoms with Crippen LogP contribution in [0.4, 0.5) is 0 Å². The van der Waals surface area contributed by atoms with Gasteiger partial charge in [0.05, 0.1) is 128 Å². The number of fused-ring (bicyclic) bond motifs is 24. The highest BCUT2D eigenvalue weighted by molar-refractivity contribution is 6.18. The van der Waals surface area contributed by atoms with Crippen LogP contribution in [-0.2, 0) is 76.3 Å². The van der Waals surface area contributed by atoms with Crippen LogP contribution in [0.15, 0.2) is 121 Å². The lowest BCUT2D eigenvalue weighted by molar-refractivity contribution is -0.144. The van der Waals surface area contributed by atoms with Crippen LogP contribution in [0.25, 0.3) is 132 Å². The molecule has 28 nitrogen and oxygen atoms in total. The first-order valence-electron chi connectivity index (χ1n) is 44.5. The van der Waals surface area contributed by atoms with Crippen LogP contribution >= 0.6 is 0 Å². The summed E-state index contributed by atoms with van der Waals surface area (Å²) in [5.74, 6) is 1.23. The van der Waals surface area contributed by atoms with Gasteiger partial charge in [-0.1, -0.05) is 0 Å². The van der Waals surface area contributed by atoms with Crippen LogP contribution in [0.3, 0.4) is 0 Å². The quantitative estimate of drug-likeness (QED) is 0.0203. The molecule has 2 aliphatic rings. The van der Waals surface area contributed by atoms with Crippen molar-refractivity contribution in [1.82, 2.24) is 19.9 Å². The number of H-pyrrole nitrogens is 2. The SMILES string of the molecule is CCOC(=O)CCCOc1ccc(OCCCC(=O)OCC)c2cc3c(cc12)-c1cc2[nH]c(cc4nc(cc5[nH]c(cc-3n1)c1cc3c(OCCCC(=O)OCC)ccc(OCCCC(=O)OCC)c3cc51)-c1cc3c(OCCCC(=O)OCC)ccc(OCCCC(=O)OCC)c3cc1-4)c1cc3c(OCCCC(=O)OCC)ccc(OCCCC(=O)OCC)c3cc21. The Bertz CT molecular complexity index is 5370. The molecular weight excluding hydrogens is 1640 g/mol. The van der Waals surface area contributed by atoms with Gasteiger partial charge in [0.15, 0.2) is 0 Å². The number of benzene rings is 8. The third-order valence-electron chi connectivity index (χ3n) is 21.4. The number of aromatic amines is 2. The summed E-state index contributed by atoms with van der Waals surface area (Å²) in [4.78, 5) is 121. The van der Waals surface area contributed by atoms with Gasteiger partial charge in [-0.25, -0.2) is 9.97 Å². The maximum atomic E-state index is 12.7. The lowest BCUT2D eigenvalue weighted by Gasteiger charge is -2.15. The Balaban J connectivity index is 1.13. The summed E-state index contributed by atoms with van der Waals surface area (Å²) in [5, 5.41) is 8.17. The molecule has 11 aromatic rings. The van der Waals surface area contributed by atoms with E-state index in [0.717, 1.165) is 21.5 Å². The number of esters is 8. The number of aromatic nitrogens is 4. The highest BCUT2D eigenvalue weighted by Crippen LogP contribution is 2.50. The van der Waals surface area contributed by atoms with E-state index in [2.05, 4.69) is 9.97 Å². The zero-order valence-corrected chi connectivity index (χ0v) is 73.9. The molecule has 5 heterocycles. The molecule has 0 fully saturated rings. The second-order valence-corrected chi connectivity index (χ2v) is 30.3. The predicted octanol–water partition coefficient (Wildman–Crippen LogP) is 19.7. The number of hydrogen-bond acceptors (Lipinski definition) is 26. The van der Waals surface area contributed by atoms with Crippen LogP contribution < -0.4 is 37.9 Å². The predicted molar refractivity (Wildman–Crippen MR) is 486 cm³/mol. The molecule has 0 saturated carbocycles. The number of hydrogen-bond donors (Lipinski definition) is 2. The number of carbonyl (C=O) groups excluding carboxylic acids is 8. The van der Waals surface area contributed by atoms with Gasteiger partial charge in [-0.15, -0.1) is 0 Å². The van der Waals surface area contributed by atoms with E-state index in [-0.39, 0.29) is 205 Å². The number of rotatable bonds is 48. The average Bonchev–Trinajstić information content (AvgIpc) is 1.60. The maximum absolute atomic E-state index is 12.7. The van der Waals surface area contributed by atoms with Gasteiger partial charge < -0.3 is 85.8 Å². The molecule has 2 aliphatic heterocycles. The number of carbonyl (C=O) groups is 8. The first-order chi connectivity index (χ1) is 62.4. The van der Waals surface area contributed by atoms with E-state index >= 15 is 0 Å². The molecule has 28 heteroatoms. The summed E-state index contributed by atoms with van der Waals surface area (Å²) in [6.07, 6.45) is 3.88. The normalized spacial score (nSPS) is 11.4. The van der Waals surface area contributed by atoms with Crippen molar-refractivity contribution in [3.05, 3.63) is 121 Å². The Hall–Kier alpha value is -13.4. The molecule has 13 rings (SSSR count). The molecule has 0 saturated heterocycles. The third kappa shape index (κ3) is 23.1. The van der Waals surface area contributed by atoms with Gasteiger partial charge in [-0.05, 0) is 228 Å². The van der Waals surface area contributed by atoms with Gasteiger partial charge in [-0.2, -0.15) is 0 Å². The third-order valence-corrected chi connectivity index (χ3v) is 21.4. The zero-order valence-electron chi connectivity index (χ0n) is 73.9. The molecule has 2 N–H and O–H groups in total. The van der Waals surface area contributed by atoms with Crippen molar-refractivity contribution in [3.63, 3.8) is 0 Å². The summed E-state index contributed by atoms with van der Waals surface area (Å²) in [6, 6.07) is 39.0. The Morgan fingerprint density at radius 3 is 0.508 bits per heavy atom. The van der Waals surface area contributed by atoms with E-state index in [4.69, 9.17) is 85.8 Å². The summed E-state index contributed by atoms with van der Waals surface area (Å²) in [6.45, 7) is 17.3. The van der Waals surface area contributed by atoms with E-state index in [9.17, 15) is 38.4 Å². The standard InChI is InChI=1S/C100H110N4O24/c1-9-113-93(105)25-17-41-121-85-33-34-86(122-42-18-26-94(106)114-10-2)70-50-62-61(49-69(70)85)77-57-79-63-51-71-72(88(124-44-20-28-96(108)116-12-4)36-35-87(71)123-43-19-27-95(107)115-11-3)52-64(63)81(102-79)59-83-67-55-75-76(92(128-48-24-32-100(112)120-16-8)40-39-91(75)127-47-23-31-99(111)119-15-7)56-68(67)84(104-83)60-82-66-54-74-73(53-65(66)80(103-82)58-78(62)101-77)89(125-45-21-29-97(109)117-13-5)37-38-90(74)126-46-22-30-98(110)118-14-6/h33-40,49-60,101,104H,9-32,41-48H2,1-8H3. The molecule has 674 valence electrons. The highest BCUT2D eigenvalue weighted by atomic mass is 16.6. The maximum Gasteiger partial charge on any atom is 0.305 e. The summed E-state index contributed by atoms with van der Waals surface area (Å²) >= 11 is 0. The Labute approximate surface area is 741 Å². The lowest BCUT2D eigenvalue weighted by Crippen LogP contribution is -2.07.